The molecule has 0 heterocycles. The van der Waals surface area contributed by atoms with Gasteiger partial charge in [-0.25, -0.2) is 0 Å². The van der Waals surface area contributed by atoms with Crippen LogP contribution in [0.2, 0.25) is 0 Å². The first kappa shape index (κ1) is 13.5. The Labute approximate surface area is 96.9 Å². The number of para-hydroxylation sites is 1. The van der Waals surface area contributed by atoms with E-state index < -0.39 is 0 Å². The molecule has 1 aromatic carbocycles. The first-order valence-corrected chi connectivity index (χ1v) is 4.85. The standard InChI is InChI=1S/C12H18O.BrH/c1-8(2)10-6-5-7-11(9(3)4)12(10)13;/h5-9,13H,1-4H3;1H. The molecule has 0 unspecified atom stereocenters. The summed E-state index contributed by atoms with van der Waals surface area (Å²) in [5.41, 5.74) is 2.09. The van der Waals surface area contributed by atoms with Gasteiger partial charge >= 0.3 is 0 Å². The SMILES string of the molecule is Br.CC(C)c1cccc(C(C)C)c1O. The molecule has 0 amide bonds. The molecule has 0 aliphatic rings. The Balaban J connectivity index is 0.00000169. The van der Waals surface area contributed by atoms with Crippen LogP contribution in [0.15, 0.2) is 18.2 Å². The van der Waals surface area contributed by atoms with Gasteiger partial charge in [-0.1, -0.05) is 45.9 Å². The van der Waals surface area contributed by atoms with Crippen molar-refractivity contribution >= 4 is 17.0 Å². The van der Waals surface area contributed by atoms with Crippen molar-refractivity contribution in [2.45, 2.75) is 39.5 Å². The summed E-state index contributed by atoms with van der Waals surface area (Å²) >= 11 is 0. The van der Waals surface area contributed by atoms with Gasteiger partial charge in [0, 0.05) is 0 Å². The molecule has 0 saturated heterocycles. The Morgan fingerprint density at radius 2 is 1.29 bits per heavy atom. The lowest BCUT2D eigenvalue weighted by molar-refractivity contribution is 0.454. The second-order valence-electron chi connectivity index (χ2n) is 4.09. The summed E-state index contributed by atoms with van der Waals surface area (Å²) in [5.74, 6) is 1.25. The van der Waals surface area contributed by atoms with E-state index in [-0.39, 0.29) is 17.0 Å². The molecular weight excluding hydrogens is 240 g/mol. The molecule has 0 atom stereocenters. The lowest BCUT2D eigenvalue weighted by Gasteiger charge is -2.14. The number of aromatic hydroxyl groups is 1. The van der Waals surface area contributed by atoms with Crippen LogP contribution < -0.4 is 0 Å². The topological polar surface area (TPSA) is 20.2 Å². The molecule has 0 spiro atoms. The number of hydrogen-bond donors (Lipinski definition) is 1. The minimum absolute atomic E-state index is 0. The predicted octanol–water partition coefficient (Wildman–Crippen LogP) is 4.22. The highest BCUT2D eigenvalue weighted by Crippen LogP contribution is 2.32. The van der Waals surface area contributed by atoms with Crippen LogP contribution in [0.4, 0.5) is 0 Å². The van der Waals surface area contributed by atoms with E-state index in [0.29, 0.717) is 17.6 Å². The molecule has 1 nitrogen and oxygen atoms in total. The number of hydrogen-bond acceptors (Lipinski definition) is 1. The van der Waals surface area contributed by atoms with Gasteiger partial charge in [0.25, 0.3) is 0 Å². The van der Waals surface area contributed by atoms with Gasteiger partial charge in [-0.15, -0.1) is 17.0 Å². The first-order chi connectivity index (χ1) is 6.04. The Hall–Kier alpha value is -0.500. The Kier molecular flexibility index (Phi) is 5.21. The second kappa shape index (κ2) is 5.40. The number of halogens is 1. The van der Waals surface area contributed by atoms with Crippen molar-refractivity contribution < 1.29 is 5.11 Å². The molecule has 0 saturated carbocycles. The maximum Gasteiger partial charge on any atom is 0.122 e. The lowest BCUT2D eigenvalue weighted by atomic mass is 9.94. The maximum atomic E-state index is 9.93. The summed E-state index contributed by atoms with van der Waals surface area (Å²) in [6.07, 6.45) is 0. The highest BCUT2D eigenvalue weighted by molar-refractivity contribution is 8.93. The zero-order valence-corrected chi connectivity index (χ0v) is 11.0. The van der Waals surface area contributed by atoms with E-state index in [2.05, 4.69) is 27.7 Å². The van der Waals surface area contributed by atoms with E-state index in [1.165, 1.54) is 0 Å². The van der Waals surface area contributed by atoms with Gasteiger partial charge in [-0.05, 0) is 23.0 Å². The molecule has 80 valence electrons. The maximum absolute atomic E-state index is 9.93. The fraction of sp³-hybridized carbons (Fsp3) is 0.500. The molecule has 2 heteroatoms. The lowest BCUT2D eigenvalue weighted by Crippen LogP contribution is -1.94. The summed E-state index contributed by atoms with van der Waals surface area (Å²) in [7, 11) is 0. The van der Waals surface area contributed by atoms with Crippen molar-refractivity contribution in [2.24, 2.45) is 0 Å². The molecule has 1 aromatic rings. The van der Waals surface area contributed by atoms with E-state index in [4.69, 9.17) is 0 Å². The van der Waals surface area contributed by atoms with Gasteiger partial charge in [-0.3, -0.25) is 0 Å². The quantitative estimate of drug-likeness (QED) is 0.843. The highest BCUT2D eigenvalue weighted by Gasteiger charge is 2.11. The van der Waals surface area contributed by atoms with E-state index in [1.54, 1.807) is 0 Å². The summed E-state index contributed by atoms with van der Waals surface area (Å²) in [4.78, 5) is 0. The molecule has 0 bridgehead atoms. The van der Waals surface area contributed by atoms with Crippen molar-refractivity contribution in [1.29, 1.82) is 0 Å². The zero-order chi connectivity index (χ0) is 10.0. The van der Waals surface area contributed by atoms with Crippen LogP contribution >= 0.6 is 17.0 Å². The number of phenolic OH excluding ortho intramolecular Hbond substituents is 1. The van der Waals surface area contributed by atoms with Crippen LogP contribution in [0.25, 0.3) is 0 Å². The third-order valence-corrected chi connectivity index (χ3v) is 2.34. The van der Waals surface area contributed by atoms with Crippen LogP contribution in [0, 0.1) is 0 Å². The number of phenols is 1. The number of benzene rings is 1. The van der Waals surface area contributed by atoms with Crippen molar-refractivity contribution in [3.8, 4) is 5.75 Å². The fourth-order valence-electron chi connectivity index (χ4n) is 1.51. The van der Waals surface area contributed by atoms with Crippen molar-refractivity contribution in [1.82, 2.24) is 0 Å². The third-order valence-electron chi connectivity index (χ3n) is 2.34. The van der Waals surface area contributed by atoms with Crippen molar-refractivity contribution in [3.63, 3.8) is 0 Å². The van der Waals surface area contributed by atoms with E-state index >= 15 is 0 Å². The predicted molar refractivity (Wildman–Crippen MR) is 66.6 cm³/mol. The molecule has 0 radical (unpaired) electrons. The highest BCUT2D eigenvalue weighted by atomic mass is 79.9. The summed E-state index contributed by atoms with van der Waals surface area (Å²) in [6.45, 7) is 8.39. The van der Waals surface area contributed by atoms with Gasteiger partial charge in [-0.2, -0.15) is 0 Å². The summed E-state index contributed by atoms with van der Waals surface area (Å²) in [6, 6.07) is 6.00. The zero-order valence-electron chi connectivity index (χ0n) is 9.24. The van der Waals surface area contributed by atoms with Crippen LogP contribution in [0.1, 0.15) is 50.7 Å². The van der Waals surface area contributed by atoms with Gasteiger partial charge in [0.05, 0.1) is 0 Å². The largest absolute Gasteiger partial charge is 0.507 e. The average molecular weight is 259 g/mol. The summed E-state index contributed by atoms with van der Waals surface area (Å²) in [5, 5.41) is 9.93. The molecule has 1 N–H and O–H groups in total. The van der Waals surface area contributed by atoms with Gasteiger partial charge in [0.1, 0.15) is 5.75 Å². The van der Waals surface area contributed by atoms with Crippen LogP contribution in [0.5, 0.6) is 5.75 Å². The van der Waals surface area contributed by atoms with Crippen molar-refractivity contribution in [2.75, 3.05) is 0 Å². The number of rotatable bonds is 2. The van der Waals surface area contributed by atoms with E-state index in [0.717, 1.165) is 11.1 Å². The van der Waals surface area contributed by atoms with Gasteiger partial charge in [0.15, 0.2) is 0 Å². The minimum Gasteiger partial charge on any atom is -0.507 e. The molecule has 0 aliphatic carbocycles. The fourth-order valence-corrected chi connectivity index (χ4v) is 1.51. The monoisotopic (exact) mass is 258 g/mol. The Morgan fingerprint density at radius 3 is 1.57 bits per heavy atom. The molecule has 0 fully saturated rings. The normalized spacial score (nSPS) is 10.4. The minimum atomic E-state index is 0. The Morgan fingerprint density at radius 1 is 0.929 bits per heavy atom. The average Bonchev–Trinajstić information content (AvgIpc) is 2.03. The van der Waals surface area contributed by atoms with Crippen molar-refractivity contribution in [3.05, 3.63) is 29.3 Å². The Bertz CT molecular complexity index is 266. The van der Waals surface area contributed by atoms with Crippen LogP contribution in [0.3, 0.4) is 0 Å². The molecule has 0 aromatic heterocycles. The van der Waals surface area contributed by atoms with E-state index in [1.807, 2.05) is 18.2 Å². The first-order valence-electron chi connectivity index (χ1n) is 4.85. The third kappa shape index (κ3) is 2.74. The molecular formula is C12H19BrO. The van der Waals surface area contributed by atoms with E-state index in [9.17, 15) is 5.11 Å². The summed E-state index contributed by atoms with van der Waals surface area (Å²) < 4.78 is 0. The smallest absolute Gasteiger partial charge is 0.122 e. The van der Waals surface area contributed by atoms with Gasteiger partial charge in [0.2, 0.25) is 0 Å². The molecule has 0 aliphatic heterocycles. The van der Waals surface area contributed by atoms with Gasteiger partial charge < -0.3 is 5.11 Å². The van der Waals surface area contributed by atoms with Crippen LogP contribution in [-0.2, 0) is 0 Å². The molecule has 1 rings (SSSR count). The molecule has 14 heavy (non-hydrogen) atoms. The second-order valence-corrected chi connectivity index (χ2v) is 4.09. The van der Waals surface area contributed by atoms with Crippen LogP contribution in [-0.4, -0.2) is 5.11 Å².